The second kappa shape index (κ2) is 14.2. The molecule has 1 rings (SSSR count). The normalized spacial score (nSPS) is 19.6. The minimum atomic E-state index is -0.921. The third-order valence-electron chi connectivity index (χ3n) is 5.44. The van der Waals surface area contributed by atoms with E-state index in [0.29, 0.717) is 12.3 Å². The summed E-state index contributed by atoms with van der Waals surface area (Å²) in [5.74, 6) is 0.450. The zero-order valence-electron chi connectivity index (χ0n) is 20.4. The van der Waals surface area contributed by atoms with Crippen molar-refractivity contribution in [2.24, 2.45) is 5.92 Å². The van der Waals surface area contributed by atoms with Crippen LogP contribution in [0.15, 0.2) is 0 Å². The van der Waals surface area contributed by atoms with Gasteiger partial charge in [-0.2, -0.15) is 5.06 Å². The molecular weight excluding hydrogens is 404 g/mol. The lowest BCUT2D eigenvalue weighted by molar-refractivity contribution is -0.213. The summed E-state index contributed by atoms with van der Waals surface area (Å²) in [5, 5.41) is 15.4. The van der Waals surface area contributed by atoms with Gasteiger partial charge in [0.05, 0.1) is 25.8 Å². The summed E-state index contributed by atoms with van der Waals surface area (Å²) in [6.45, 7) is 7.34. The number of likely N-dealkylation sites (N-methyl/N-ethyl adjacent to an activating group) is 1. The highest BCUT2D eigenvalue weighted by Gasteiger charge is 2.35. The Kier molecular flexibility index (Phi) is 12.9. The smallest absolute Gasteiger partial charge is 0.407 e. The van der Waals surface area contributed by atoms with E-state index in [1.807, 2.05) is 20.8 Å². The van der Waals surface area contributed by atoms with Gasteiger partial charge in [-0.1, -0.05) is 32.1 Å². The van der Waals surface area contributed by atoms with E-state index in [0.717, 1.165) is 12.8 Å². The number of ether oxygens (including phenoxy) is 4. The number of aliphatic hydroxyl groups excluding tert-OH is 1. The molecule has 0 bridgehead atoms. The number of carbonyl (C=O) groups is 1. The number of nitrogens with zero attached hydrogens (tertiary/aromatic N) is 1. The van der Waals surface area contributed by atoms with Crippen molar-refractivity contribution >= 4 is 6.09 Å². The molecule has 0 aliphatic heterocycles. The molecule has 1 unspecified atom stereocenters. The van der Waals surface area contributed by atoms with Crippen LogP contribution in [0, 0.1) is 5.92 Å². The lowest BCUT2D eigenvalue weighted by Gasteiger charge is -2.36. The molecule has 1 aliphatic carbocycles. The third kappa shape index (κ3) is 12.0. The molecule has 0 heterocycles. The van der Waals surface area contributed by atoms with Crippen LogP contribution in [-0.4, -0.2) is 81.0 Å². The van der Waals surface area contributed by atoms with E-state index in [1.54, 1.807) is 21.1 Å². The Hall–Kier alpha value is -0.970. The van der Waals surface area contributed by atoms with Crippen LogP contribution in [-0.2, 0) is 23.8 Å². The molecule has 9 nitrogen and oxygen atoms in total. The second-order valence-electron chi connectivity index (χ2n) is 9.27. The minimum Gasteiger partial charge on any atom is -0.444 e. The molecule has 0 spiro atoms. The van der Waals surface area contributed by atoms with Crippen molar-refractivity contribution in [2.45, 2.75) is 96.4 Å². The zero-order chi connectivity index (χ0) is 23.4. The van der Waals surface area contributed by atoms with Gasteiger partial charge in [-0.05, 0) is 40.0 Å². The van der Waals surface area contributed by atoms with Gasteiger partial charge in [0.15, 0.2) is 6.29 Å². The fourth-order valence-corrected chi connectivity index (χ4v) is 3.74. The lowest BCUT2D eigenvalue weighted by atomic mass is 9.83. The highest BCUT2D eigenvalue weighted by Crippen LogP contribution is 2.29. The second-order valence-corrected chi connectivity index (χ2v) is 9.27. The molecule has 2 N–H and O–H groups in total. The Balaban J connectivity index is 2.98. The summed E-state index contributed by atoms with van der Waals surface area (Å²) < 4.78 is 22.0. The average molecular weight is 449 g/mol. The Labute approximate surface area is 187 Å². The molecule has 9 heteroatoms. The Morgan fingerprint density at radius 2 is 1.81 bits per heavy atom. The molecule has 1 amide bonds. The van der Waals surface area contributed by atoms with Crippen molar-refractivity contribution in [3.63, 3.8) is 0 Å². The van der Waals surface area contributed by atoms with Gasteiger partial charge in [0.25, 0.3) is 0 Å². The van der Waals surface area contributed by atoms with Gasteiger partial charge >= 0.3 is 6.09 Å². The number of carbonyl (C=O) groups excluding carboxylic acids is 1. The maximum atomic E-state index is 12.6. The standard InChI is InChI=1S/C22H44N2O7/c1-16(27-6)29-15-30-20(19(25)14-24(5)28-7)18(13-17-11-9-8-10-12-17)23-21(26)31-22(2,3)4/h16-20,25H,8-15H2,1-7H3,(H,23,26)/t16?,18-,19-,20+/m0/s1. The summed E-state index contributed by atoms with van der Waals surface area (Å²) in [7, 11) is 4.80. The predicted molar refractivity (Wildman–Crippen MR) is 117 cm³/mol. The number of hydroxylamine groups is 2. The quantitative estimate of drug-likeness (QED) is 0.328. The van der Waals surface area contributed by atoms with Crippen LogP contribution in [0.25, 0.3) is 0 Å². The minimum absolute atomic E-state index is 0.0788. The maximum absolute atomic E-state index is 12.6. The fraction of sp³-hybridized carbons (Fsp3) is 0.955. The molecule has 31 heavy (non-hydrogen) atoms. The molecular formula is C22H44N2O7. The van der Waals surface area contributed by atoms with E-state index in [9.17, 15) is 9.90 Å². The first-order valence-corrected chi connectivity index (χ1v) is 11.2. The van der Waals surface area contributed by atoms with Crippen LogP contribution in [0.2, 0.25) is 0 Å². The first-order chi connectivity index (χ1) is 14.6. The Morgan fingerprint density at radius 1 is 1.16 bits per heavy atom. The predicted octanol–water partition coefficient (Wildman–Crippen LogP) is 3.06. The van der Waals surface area contributed by atoms with Crippen molar-refractivity contribution in [1.29, 1.82) is 0 Å². The van der Waals surface area contributed by atoms with Crippen molar-refractivity contribution in [3.8, 4) is 0 Å². The van der Waals surface area contributed by atoms with Gasteiger partial charge < -0.3 is 34.2 Å². The molecule has 1 fully saturated rings. The fourth-order valence-electron chi connectivity index (χ4n) is 3.74. The van der Waals surface area contributed by atoms with Gasteiger partial charge in [-0.3, -0.25) is 0 Å². The van der Waals surface area contributed by atoms with E-state index >= 15 is 0 Å². The highest BCUT2D eigenvalue weighted by atomic mass is 16.7. The SMILES string of the molecule is COC(C)OCO[C@H]([C@H](CC1CCCCC1)NC(=O)OC(C)(C)C)[C@@H](O)CN(C)OC. The summed E-state index contributed by atoms with van der Waals surface area (Å²) in [5.41, 5.74) is -0.623. The first kappa shape index (κ1) is 28.1. The van der Waals surface area contributed by atoms with Crippen LogP contribution in [0.4, 0.5) is 4.79 Å². The molecule has 0 saturated heterocycles. The van der Waals surface area contributed by atoms with E-state index < -0.39 is 36.2 Å². The van der Waals surface area contributed by atoms with Gasteiger partial charge in [-0.15, -0.1) is 0 Å². The number of hydrogen-bond acceptors (Lipinski definition) is 8. The van der Waals surface area contributed by atoms with Gasteiger partial charge in [0.2, 0.25) is 0 Å². The number of amides is 1. The number of alkyl carbamates (subject to hydrolysis) is 1. The zero-order valence-corrected chi connectivity index (χ0v) is 20.4. The van der Waals surface area contributed by atoms with Gasteiger partial charge in [-0.25, -0.2) is 4.79 Å². The molecule has 0 aromatic rings. The van der Waals surface area contributed by atoms with Gasteiger partial charge in [0.1, 0.15) is 18.5 Å². The molecule has 0 radical (unpaired) electrons. The molecule has 1 saturated carbocycles. The molecule has 1 aliphatic rings. The van der Waals surface area contributed by atoms with Crippen LogP contribution in [0.1, 0.15) is 66.2 Å². The number of aliphatic hydroxyl groups is 1. The number of rotatable bonds is 13. The Bertz CT molecular complexity index is 495. The summed E-state index contributed by atoms with van der Waals surface area (Å²) >= 11 is 0. The van der Waals surface area contributed by atoms with Gasteiger partial charge in [0, 0.05) is 14.2 Å². The maximum Gasteiger partial charge on any atom is 0.407 e. The highest BCUT2D eigenvalue weighted by molar-refractivity contribution is 5.68. The number of hydrogen-bond donors (Lipinski definition) is 2. The van der Waals surface area contributed by atoms with E-state index in [2.05, 4.69) is 5.32 Å². The Morgan fingerprint density at radius 3 is 2.35 bits per heavy atom. The topological polar surface area (TPSA) is 98.7 Å². The molecule has 0 aromatic heterocycles. The van der Waals surface area contributed by atoms with Crippen molar-refractivity contribution < 1.29 is 33.7 Å². The molecule has 0 aromatic carbocycles. The summed E-state index contributed by atoms with van der Waals surface area (Å²) in [6.07, 6.45) is 3.88. The summed E-state index contributed by atoms with van der Waals surface area (Å²) in [6, 6.07) is -0.445. The number of methoxy groups -OCH3 is 1. The molecule has 184 valence electrons. The van der Waals surface area contributed by atoms with Crippen LogP contribution in [0.3, 0.4) is 0 Å². The number of nitrogens with one attached hydrogen (secondary N) is 1. The van der Waals surface area contributed by atoms with Crippen molar-refractivity contribution in [1.82, 2.24) is 10.4 Å². The van der Waals surface area contributed by atoms with Crippen molar-refractivity contribution in [3.05, 3.63) is 0 Å². The monoisotopic (exact) mass is 448 g/mol. The van der Waals surface area contributed by atoms with Crippen LogP contribution in [0.5, 0.6) is 0 Å². The lowest BCUT2D eigenvalue weighted by Crippen LogP contribution is -2.54. The van der Waals surface area contributed by atoms with E-state index in [1.165, 1.54) is 31.4 Å². The molecule has 4 atom stereocenters. The summed E-state index contributed by atoms with van der Waals surface area (Å²) in [4.78, 5) is 17.7. The van der Waals surface area contributed by atoms with E-state index in [-0.39, 0.29) is 13.3 Å². The average Bonchev–Trinajstić information content (AvgIpc) is 2.69. The largest absolute Gasteiger partial charge is 0.444 e. The van der Waals surface area contributed by atoms with E-state index in [4.69, 9.17) is 23.8 Å². The van der Waals surface area contributed by atoms with Crippen molar-refractivity contribution in [2.75, 3.05) is 34.6 Å². The van der Waals surface area contributed by atoms with Crippen LogP contribution < -0.4 is 5.32 Å². The third-order valence-corrected chi connectivity index (χ3v) is 5.44. The van der Waals surface area contributed by atoms with Crippen LogP contribution >= 0.6 is 0 Å². The first-order valence-electron chi connectivity index (χ1n) is 11.2.